The van der Waals surface area contributed by atoms with Gasteiger partial charge in [0.1, 0.15) is 11.6 Å². The lowest BCUT2D eigenvalue weighted by molar-refractivity contribution is 0.262. The molecule has 19 heavy (non-hydrogen) atoms. The maximum atomic E-state index is 12.9. The van der Waals surface area contributed by atoms with Crippen LogP contribution in [0.25, 0.3) is 0 Å². The number of urea groups is 1. The molecule has 0 saturated heterocycles. The van der Waals surface area contributed by atoms with Crippen LogP contribution in [0.15, 0.2) is 48.5 Å². The molecule has 0 bridgehead atoms. The molecule has 0 aromatic heterocycles. The SMILES string of the molecule is COc1ccc(NC(=O)Nc2cccc(F)c2)cc1. The topological polar surface area (TPSA) is 50.4 Å². The molecule has 0 aliphatic heterocycles. The molecule has 0 saturated carbocycles. The van der Waals surface area contributed by atoms with E-state index < -0.39 is 11.8 Å². The van der Waals surface area contributed by atoms with Crippen molar-refractivity contribution in [3.8, 4) is 5.75 Å². The smallest absolute Gasteiger partial charge is 0.323 e. The van der Waals surface area contributed by atoms with E-state index in [1.807, 2.05) is 0 Å². The Bertz CT molecular complexity index is 570. The molecular weight excluding hydrogens is 247 g/mol. The Kier molecular flexibility index (Phi) is 3.97. The van der Waals surface area contributed by atoms with Gasteiger partial charge in [-0.05, 0) is 42.5 Å². The van der Waals surface area contributed by atoms with Crippen LogP contribution in [-0.4, -0.2) is 13.1 Å². The second-order valence-electron chi connectivity index (χ2n) is 3.82. The summed E-state index contributed by atoms with van der Waals surface area (Å²) in [6.07, 6.45) is 0. The maximum absolute atomic E-state index is 12.9. The van der Waals surface area contributed by atoms with Crippen molar-refractivity contribution in [1.29, 1.82) is 0 Å². The quantitative estimate of drug-likeness (QED) is 0.887. The Labute approximate surface area is 110 Å². The van der Waals surface area contributed by atoms with Crippen LogP contribution in [0.3, 0.4) is 0 Å². The summed E-state index contributed by atoms with van der Waals surface area (Å²) in [6.45, 7) is 0. The minimum Gasteiger partial charge on any atom is -0.497 e. The summed E-state index contributed by atoms with van der Waals surface area (Å²) in [4.78, 5) is 11.7. The molecule has 0 aliphatic carbocycles. The van der Waals surface area contributed by atoms with E-state index >= 15 is 0 Å². The number of rotatable bonds is 3. The maximum Gasteiger partial charge on any atom is 0.323 e. The van der Waals surface area contributed by atoms with Gasteiger partial charge in [-0.25, -0.2) is 9.18 Å². The molecule has 2 amide bonds. The van der Waals surface area contributed by atoms with Crippen molar-refractivity contribution < 1.29 is 13.9 Å². The number of anilines is 2. The van der Waals surface area contributed by atoms with E-state index in [1.54, 1.807) is 37.4 Å². The zero-order valence-electron chi connectivity index (χ0n) is 10.3. The number of amides is 2. The van der Waals surface area contributed by atoms with Crippen LogP contribution in [0.2, 0.25) is 0 Å². The Morgan fingerprint density at radius 3 is 2.37 bits per heavy atom. The van der Waals surface area contributed by atoms with Gasteiger partial charge in [0.25, 0.3) is 0 Å². The molecule has 0 fully saturated rings. The van der Waals surface area contributed by atoms with E-state index in [1.165, 1.54) is 18.2 Å². The molecular formula is C14H13FN2O2. The molecule has 5 heteroatoms. The van der Waals surface area contributed by atoms with Gasteiger partial charge in [0.2, 0.25) is 0 Å². The molecule has 0 spiro atoms. The van der Waals surface area contributed by atoms with Crippen molar-refractivity contribution in [2.45, 2.75) is 0 Å². The van der Waals surface area contributed by atoms with Crippen molar-refractivity contribution in [2.24, 2.45) is 0 Å². The number of halogens is 1. The molecule has 0 unspecified atom stereocenters. The van der Waals surface area contributed by atoms with Crippen LogP contribution in [0.4, 0.5) is 20.6 Å². The zero-order chi connectivity index (χ0) is 13.7. The highest BCUT2D eigenvalue weighted by molar-refractivity contribution is 5.99. The molecule has 2 N–H and O–H groups in total. The molecule has 4 nitrogen and oxygen atoms in total. The number of carbonyl (C=O) groups is 1. The van der Waals surface area contributed by atoms with Gasteiger partial charge in [0, 0.05) is 11.4 Å². The normalized spacial score (nSPS) is 9.79. The summed E-state index contributed by atoms with van der Waals surface area (Å²) in [6, 6.07) is 12.1. The van der Waals surface area contributed by atoms with Crippen molar-refractivity contribution in [3.05, 3.63) is 54.3 Å². The predicted octanol–water partition coefficient (Wildman–Crippen LogP) is 3.48. The Morgan fingerprint density at radius 2 is 1.74 bits per heavy atom. The number of carbonyl (C=O) groups excluding carboxylic acids is 1. The van der Waals surface area contributed by atoms with Crippen molar-refractivity contribution in [2.75, 3.05) is 17.7 Å². The number of methoxy groups -OCH3 is 1. The first-order chi connectivity index (χ1) is 9.17. The fraction of sp³-hybridized carbons (Fsp3) is 0.0714. The second kappa shape index (κ2) is 5.86. The summed E-state index contributed by atoms with van der Waals surface area (Å²) in [5, 5.41) is 5.17. The van der Waals surface area contributed by atoms with Crippen LogP contribution >= 0.6 is 0 Å². The van der Waals surface area contributed by atoms with Crippen LogP contribution in [0.1, 0.15) is 0 Å². The summed E-state index contributed by atoms with van der Waals surface area (Å²) in [5.41, 5.74) is 1.01. The van der Waals surface area contributed by atoms with Gasteiger partial charge in [-0.3, -0.25) is 0 Å². The van der Waals surface area contributed by atoms with Gasteiger partial charge in [-0.1, -0.05) is 6.07 Å². The lowest BCUT2D eigenvalue weighted by atomic mass is 10.3. The van der Waals surface area contributed by atoms with E-state index in [9.17, 15) is 9.18 Å². The predicted molar refractivity (Wildman–Crippen MR) is 72.0 cm³/mol. The van der Waals surface area contributed by atoms with E-state index in [2.05, 4.69) is 10.6 Å². The molecule has 2 rings (SSSR count). The highest BCUT2D eigenvalue weighted by Crippen LogP contribution is 2.15. The van der Waals surface area contributed by atoms with Gasteiger partial charge in [0.15, 0.2) is 0 Å². The van der Waals surface area contributed by atoms with Gasteiger partial charge in [0.05, 0.1) is 7.11 Å². The average Bonchev–Trinajstić information content (AvgIpc) is 2.39. The van der Waals surface area contributed by atoms with Crippen LogP contribution < -0.4 is 15.4 Å². The first kappa shape index (κ1) is 12.9. The molecule has 2 aromatic carbocycles. The molecule has 0 radical (unpaired) electrons. The fourth-order valence-electron chi connectivity index (χ4n) is 1.53. The van der Waals surface area contributed by atoms with E-state index in [0.29, 0.717) is 17.1 Å². The van der Waals surface area contributed by atoms with Gasteiger partial charge < -0.3 is 15.4 Å². The first-order valence-corrected chi connectivity index (χ1v) is 5.65. The molecule has 2 aromatic rings. The number of benzene rings is 2. The van der Waals surface area contributed by atoms with E-state index in [0.717, 1.165) is 0 Å². The molecule has 0 aliphatic rings. The van der Waals surface area contributed by atoms with Crippen LogP contribution in [-0.2, 0) is 0 Å². The Balaban J connectivity index is 1.97. The van der Waals surface area contributed by atoms with Crippen LogP contribution in [0.5, 0.6) is 5.75 Å². The highest BCUT2D eigenvalue weighted by Gasteiger charge is 2.03. The summed E-state index contributed by atoms with van der Waals surface area (Å²) >= 11 is 0. The van der Waals surface area contributed by atoms with E-state index in [4.69, 9.17) is 4.74 Å². The third-order valence-electron chi connectivity index (χ3n) is 2.43. The fourth-order valence-corrected chi connectivity index (χ4v) is 1.53. The number of hydrogen-bond acceptors (Lipinski definition) is 2. The monoisotopic (exact) mass is 260 g/mol. The second-order valence-corrected chi connectivity index (χ2v) is 3.82. The van der Waals surface area contributed by atoms with Crippen molar-refractivity contribution >= 4 is 17.4 Å². The summed E-state index contributed by atoms with van der Waals surface area (Å²) in [7, 11) is 1.57. The lowest BCUT2D eigenvalue weighted by Crippen LogP contribution is -2.19. The Morgan fingerprint density at radius 1 is 1.05 bits per heavy atom. The number of ether oxygens (including phenoxy) is 1. The lowest BCUT2D eigenvalue weighted by Gasteiger charge is -2.08. The molecule has 0 heterocycles. The number of nitrogens with one attached hydrogen (secondary N) is 2. The third-order valence-corrected chi connectivity index (χ3v) is 2.43. The van der Waals surface area contributed by atoms with Gasteiger partial charge in [-0.2, -0.15) is 0 Å². The van der Waals surface area contributed by atoms with Crippen molar-refractivity contribution in [1.82, 2.24) is 0 Å². The zero-order valence-corrected chi connectivity index (χ0v) is 10.3. The first-order valence-electron chi connectivity index (χ1n) is 5.65. The van der Waals surface area contributed by atoms with Crippen molar-refractivity contribution in [3.63, 3.8) is 0 Å². The third kappa shape index (κ3) is 3.70. The average molecular weight is 260 g/mol. The summed E-state index contributed by atoms with van der Waals surface area (Å²) < 4.78 is 18.0. The van der Waals surface area contributed by atoms with E-state index in [-0.39, 0.29) is 0 Å². The Hall–Kier alpha value is -2.56. The van der Waals surface area contributed by atoms with Gasteiger partial charge >= 0.3 is 6.03 Å². The molecule has 98 valence electrons. The standard InChI is InChI=1S/C14H13FN2O2/c1-19-13-7-5-11(6-8-13)16-14(18)17-12-4-2-3-10(15)9-12/h2-9H,1H3,(H2,16,17,18). The minimum atomic E-state index is -0.434. The highest BCUT2D eigenvalue weighted by atomic mass is 19.1. The summed E-state index contributed by atoms with van der Waals surface area (Å²) in [5.74, 6) is 0.304. The van der Waals surface area contributed by atoms with Gasteiger partial charge in [-0.15, -0.1) is 0 Å². The van der Waals surface area contributed by atoms with Crippen LogP contribution in [0, 0.1) is 5.82 Å². The largest absolute Gasteiger partial charge is 0.497 e. The minimum absolute atomic E-state index is 0.394. The number of hydrogen-bond donors (Lipinski definition) is 2. The molecule has 0 atom stereocenters.